The topological polar surface area (TPSA) is 171 Å². The molecule has 0 aliphatic carbocycles. The second kappa shape index (κ2) is 14.3. The van der Waals surface area contributed by atoms with E-state index in [4.69, 9.17) is 5.73 Å². The van der Waals surface area contributed by atoms with Gasteiger partial charge < -0.3 is 31.9 Å². The van der Waals surface area contributed by atoms with Crippen LogP contribution in [0.3, 0.4) is 0 Å². The van der Waals surface area contributed by atoms with E-state index in [2.05, 4.69) is 16.0 Å². The second-order valence-corrected chi connectivity index (χ2v) is 9.36. The minimum absolute atomic E-state index is 0.0506. The van der Waals surface area contributed by atoms with E-state index in [-0.39, 0.29) is 5.92 Å². The predicted octanol–water partition coefficient (Wildman–Crippen LogP) is -0.311. The average Bonchev–Trinajstić information content (AvgIpc) is 2.65. The van der Waals surface area contributed by atoms with Crippen molar-refractivity contribution in [3.8, 4) is 0 Å². The van der Waals surface area contributed by atoms with E-state index in [1.807, 2.05) is 20.1 Å². The molecule has 0 saturated carbocycles. The van der Waals surface area contributed by atoms with E-state index in [0.29, 0.717) is 18.6 Å². The van der Waals surface area contributed by atoms with Crippen molar-refractivity contribution in [2.45, 2.75) is 77.7 Å². The summed E-state index contributed by atoms with van der Waals surface area (Å²) in [4.78, 5) is 49.1. The van der Waals surface area contributed by atoms with Crippen molar-refractivity contribution in [3.63, 3.8) is 0 Å². The molecule has 0 aromatic carbocycles. The summed E-state index contributed by atoms with van der Waals surface area (Å²) < 4.78 is 0. The Morgan fingerprint density at radius 3 is 1.87 bits per heavy atom. The van der Waals surface area contributed by atoms with E-state index >= 15 is 0 Å². The summed E-state index contributed by atoms with van der Waals surface area (Å²) in [6.07, 6.45) is 1.36. The predicted molar refractivity (Wildman–Crippen MR) is 120 cm³/mol. The summed E-state index contributed by atoms with van der Waals surface area (Å²) in [5.74, 6) is -2.83. The van der Waals surface area contributed by atoms with E-state index in [9.17, 15) is 29.4 Å². The zero-order valence-electron chi connectivity index (χ0n) is 19.2. The molecule has 0 radical (unpaired) electrons. The molecule has 5 atom stereocenters. The molecule has 0 saturated heterocycles. The SMILES string of the molecule is CSCCC(N)C(=O)NC(CC(C)C)C(=O)NC(C(=O)NC(C(=O)O)C(C)C)C(C)O. The highest BCUT2D eigenvalue weighted by molar-refractivity contribution is 7.98. The van der Waals surface area contributed by atoms with Gasteiger partial charge in [-0.25, -0.2) is 4.79 Å². The Kier molecular flexibility index (Phi) is 13.4. The highest BCUT2D eigenvalue weighted by Crippen LogP contribution is 2.08. The molecule has 0 spiro atoms. The average molecular weight is 463 g/mol. The van der Waals surface area contributed by atoms with Crippen LogP contribution < -0.4 is 21.7 Å². The third kappa shape index (κ3) is 10.8. The zero-order valence-corrected chi connectivity index (χ0v) is 20.0. The summed E-state index contributed by atoms with van der Waals surface area (Å²) in [7, 11) is 0. The molecule has 31 heavy (non-hydrogen) atoms. The van der Waals surface area contributed by atoms with E-state index < -0.39 is 59.9 Å². The molecule has 0 fully saturated rings. The highest BCUT2D eigenvalue weighted by atomic mass is 32.2. The lowest BCUT2D eigenvalue weighted by atomic mass is 10.0. The maximum atomic E-state index is 12.8. The number of aliphatic carboxylic acids is 1. The number of aliphatic hydroxyl groups excluding tert-OH is 1. The van der Waals surface area contributed by atoms with Gasteiger partial charge in [-0.2, -0.15) is 11.8 Å². The van der Waals surface area contributed by atoms with Crippen LogP contribution in [0.25, 0.3) is 0 Å². The van der Waals surface area contributed by atoms with Gasteiger partial charge in [-0.05, 0) is 43.6 Å². The van der Waals surface area contributed by atoms with Crippen LogP contribution in [-0.2, 0) is 19.2 Å². The Labute approximate surface area is 188 Å². The summed E-state index contributed by atoms with van der Waals surface area (Å²) in [5.41, 5.74) is 5.87. The number of carbonyl (C=O) groups is 4. The van der Waals surface area contributed by atoms with Crippen LogP contribution in [0.15, 0.2) is 0 Å². The molecule has 0 aromatic heterocycles. The van der Waals surface area contributed by atoms with Gasteiger partial charge in [0.05, 0.1) is 12.1 Å². The fourth-order valence-electron chi connectivity index (χ4n) is 2.77. The molecular weight excluding hydrogens is 424 g/mol. The lowest BCUT2D eigenvalue weighted by Crippen LogP contribution is -2.60. The van der Waals surface area contributed by atoms with Crippen LogP contribution >= 0.6 is 11.8 Å². The number of nitrogens with two attached hydrogens (primary N) is 1. The molecule has 5 unspecified atom stereocenters. The molecular formula is C20H38N4O6S. The first-order chi connectivity index (χ1) is 14.3. The molecule has 7 N–H and O–H groups in total. The minimum Gasteiger partial charge on any atom is -0.480 e. The third-order valence-corrected chi connectivity index (χ3v) is 5.25. The van der Waals surface area contributed by atoms with Crippen LogP contribution in [0.2, 0.25) is 0 Å². The number of hydrogen-bond acceptors (Lipinski definition) is 7. The van der Waals surface area contributed by atoms with Crippen molar-refractivity contribution in [1.29, 1.82) is 0 Å². The van der Waals surface area contributed by atoms with E-state index in [1.165, 1.54) is 6.92 Å². The first kappa shape index (κ1) is 29.1. The number of hydrogen-bond donors (Lipinski definition) is 6. The van der Waals surface area contributed by atoms with Crippen molar-refractivity contribution in [1.82, 2.24) is 16.0 Å². The van der Waals surface area contributed by atoms with Gasteiger partial charge >= 0.3 is 5.97 Å². The smallest absolute Gasteiger partial charge is 0.326 e. The van der Waals surface area contributed by atoms with Gasteiger partial charge in [-0.1, -0.05) is 27.7 Å². The van der Waals surface area contributed by atoms with Gasteiger partial charge in [0.25, 0.3) is 0 Å². The van der Waals surface area contributed by atoms with Crippen molar-refractivity contribution >= 4 is 35.5 Å². The van der Waals surface area contributed by atoms with Gasteiger partial charge in [0, 0.05) is 0 Å². The maximum absolute atomic E-state index is 12.8. The first-order valence-electron chi connectivity index (χ1n) is 10.4. The summed E-state index contributed by atoms with van der Waals surface area (Å²) in [6.45, 7) is 8.31. The Balaban J connectivity index is 5.37. The Hall–Kier alpha value is -1.85. The summed E-state index contributed by atoms with van der Waals surface area (Å²) >= 11 is 1.55. The molecule has 0 aliphatic rings. The van der Waals surface area contributed by atoms with Crippen LogP contribution in [0.1, 0.15) is 47.5 Å². The van der Waals surface area contributed by atoms with Crippen molar-refractivity contribution in [2.75, 3.05) is 12.0 Å². The van der Waals surface area contributed by atoms with Gasteiger partial charge in [-0.3, -0.25) is 14.4 Å². The Bertz CT molecular complexity index is 614. The molecule has 0 aromatic rings. The maximum Gasteiger partial charge on any atom is 0.326 e. The fourth-order valence-corrected chi connectivity index (χ4v) is 3.26. The monoisotopic (exact) mass is 462 g/mol. The minimum atomic E-state index is -1.38. The molecule has 180 valence electrons. The number of rotatable bonds is 14. The second-order valence-electron chi connectivity index (χ2n) is 8.37. The molecule has 10 nitrogen and oxygen atoms in total. The van der Waals surface area contributed by atoms with Crippen molar-refractivity contribution < 1.29 is 29.4 Å². The Morgan fingerprint density at radius 2 is 1.45 bits per heavy atom. The van der Waals surface area contributed by atoms with Crippen molar-refractivity contribution in [2.24, 2.45) is 17.6 Å². The number of carbonyl (C=O) groups excluding carboxylic acids is 3. The number of carboxylic acids is 1. The lowest BCUT2D eigenvalue weighted by Gasteiger charge is -2.27. The number of nitrogens with one attached hydrogen (secondary N) is 3. The normalized spacial score (nSPS) is 16.2. The van der Waals surface area contributed by atoms with Crippen LogP contribution in [0.5, 0.6) is 0 Å². The molecule has 0 aliphatic heterocycles. The quantitative estimate of drug-likeness (QED) is 0.204. The number of amides is 3. The lowest BCUT2D eigenvalue weighted by molar-refractivity contribution is -0.144. The highest BCUT2D eigenvalue weighted by Gasteiger charge is 2.33. The van der Waals surface area contributed by atoms with Gasteiger partial charge in [0.2, 0.25) is 17.7 Å². The van der Waals surface area contributed by atoms with Crippen LogP contribution in [0, 0.1) is 11.8 Å². The molecule has 0 rings (SSSR count). The van der Waals surface area contributed by atoms with Gasteiger partial charge in [-0.15, -0.1) is 0 Å². The standard InChI is InChI=1S/C20H38N4O6S/c1-10(2)9-14(22-17(26)13(21)7-8-31-6)18(27)24-16(12(5)25)19(28)23-15(11(3)4)20(29)30/h10-16,25H,7-9,21H2,1-6H3,(H,22,26)(H,23,28)(H,24,27)(H,29,30). The third-order valence-electron chi connectivity index (χ3n) is 4.60. The van der Waals surface area contributed by atoms with Crippen LogP contribution in [0.4, 0.5) is 0 Å². The first-order valence-corrected chi connectivity index (χ1v) is 11.8. The summed E-state index contributed by atoms with van der Waals surface area (Å²) in [6, 6.07) is -4.29. The Morgan fingerprint density at radius 1 is 0.903 bits per heavy atom. The van der Waals surface area contributed by atoms with Gasteiger partial charge in [0.1, 0.15) is 18.1 Å². The molecule has 0 bridgehead atoms. The number of carboxylic acid groups (broad SMARTS) is 1. The largest absolute Gasteiger partial charge is 0.480 e. The number of thioether (sulfide) groups is 1. The fraction of sp³-hybridized carbons (Fsp3) is 0.800. The van der Waals surface area contributed by atoms with E-state index in [1.54, 1.807) is 25.6 Å². The zero-order chi connectivity index (χ0) is 24.3. The number of aliphatic hydroxyl groups is 1. The van der Waals surface area contributed by atoms with Crippen LogP contribution in [-0.4, -0.2) is 76.2 Å². The van der Waals surface area contributed by atoms with Crippen molar-refractivity contribution in [3.05, 3.63) is 0 Å². The molecule has 11 heteroatoms. The van der Waals surface area contributed by atoms with E-state index in [0.717, 1.165) is 0 Å². The van der Waals surface area contributed by atoms with Gasteiger partial charge in [0.15, 0.2) is 0 Å². The molecule has 0 heterocycles. The summed E-state index contributed by atoms with van der Waals surface area (Å²) in [5, 5.41) is 26.7. The molecule has 3 amide bonds.